The van der Waals surface area contributed by atoms with Gasteiger partial charge in [0.15, 0.2) is 11.8 Å². The molecule has 0 fully saturated rings. The summed E-state index contributed by atoms with van der Waals surface area (Å²) in [5, 5.41) is 9.31. The van der Waals surface area contributed by atoms with Crippen LogP contribution in [0.2, 0.25) is 5.02 Å². The lowest BCUT2D eigenvalue weighted by Crippen LogP contribution is -2.31. The summed E-state index contributed by atoms with van der Waals surface area (Å²) in [7, 11) is -3.73. The Kier molecular flexibility index (Phi) is 8.60. The van der Waals surface area contributed by atoms with E-state index < -0.39 is 28.0 Å². The summed E-state index contributed by atoms with van der Waals surface area (Å²) in [6, 6.07) is 5.63. The van der Waals surface area contributed by atoms with Crippen LogP contribution in [-0.4, -0.2) is 54.0 Å². The van der Waals surface area contributed by atoms with E-state index in [1.807, 2.05) is 6.92 Å². The summed E-state index contributed by atoms with van der Waals surface area (Å²) < 4.78 is 31.9. The number of rotatable bonds is 10. The van der Waals surface area contributed by atoms with Crippen molar-refractivity contribution in [3.8, 4) is 0 Å². The molecule has 2 N–H and O–H groups in total. The third kappa shape index (κ3) is 6.05. The number of aryl methyl sites for hydroxylation is 1. The molecule has 1 aromatic heterocycles. The molecule has 2 rings (SSSR count). The van der Waals surface area contributed by atoms with Gasteiger partial charge in [0.05, 0.1) is 15.6 Å². The summed E-state index contributed by atoms with van der Waals surface area (Å²) in [4.78, 5) is 24.7. The number of anilines is 1. The van der Waals surface area contributed by atoms with Crippen LogP contribution in [-0.2, 0) is 26.0 Å². The molecule has 0 aliphatic rings. The molecule has 0 aliphatic heterocycles. The number of hydrogen-bond donors (Lipinski definition) is 2. The fourth-order valence-corrected chi connectivity index (χ4v) is 4.50. The fraction of sp³-hybridized carbons (Fsp3) is 0.450. The van der Waals surface area contributed by atoms with Crippen LogP contribution in [0.3, 0.4) is 0 Å². The van der Waals surface area contributed by atoms with Crippen molar-refractivity contribution in [1.29, 1.82) is 0 Å². The molecule has 11 heteroatoms. The molecule has 1 aromatic carbocycles. The first-order valence-electron chi connectivity index (χ1n) is 9.99. The molecule has 170 valence electrons. The first kappa shape index (κ1) is 24.8. The highest BCUT2D eigenvalue weighted by Gasteiger charge is 2.25. The number of carbonyl (C=O) groups excluding carboxylic acids is 2. The molecule has 0 spiro atoms. The Balaban J connectivity index is 2.12. The second-order valence-electron chi connectivity index (χ2n) is 6.80. The van der Waals surface area contributed by atoms with Crippen LogP contribution >= 0.6 is 11.6 Å². The van der Waals surface area contributed by atoms with Crippen molar-refractivity contribution in [2.24, 2.45) is 0 Å². The fourth-order valence-electron chi connectivity index (χ4n) is 2.85. The van der Waals surface area contributed by atoms with E-state index in [1.54, 1.807) is 19.9 Å². The van der Waals surface area contributed by atoms with Gasteiger partial charge in [-0.1, -0.05) is 38.8 Å². The van der Waals surface area contributed by atoms with Crippen LogP contribution in [0.5, 0.6) is 0 Å². The number of ether oxygens (including phenoxy) is 1. The lowest BCUT2D eigenvalue weighted by molar-refractivity contribution is -0.123. The maximum absolute atomic E-state index is 12.7. The van der Waals surface area contributed by atoms with E-state index in [4.69, 9.17) is 16.3 Å². The minimum Gasteiger partial charge on any atom is -0.448 e. The largest absolute Gasteiger partial charge is 0.448 e. The zero-order valence-electron chi connectivity index (χ0n) is 17.9. The third-order valence-corrected chi connectivity index (χ3v) is 6.93. The van der Waals surface area contributed by atoms with Gasteiger partial charge in [-0.3, -0.25) is 9.89 Å². The number of aromatic amines is 1. The van der Waals surface area contributed by atoms with Gasteiger partial charge in [0.1, 0.15) is 0 Å². The number of halogens is 1. The van der Waals surface area contributed by atoms with Gasteiger partial charge >= 0.3 is 5.97 Å². The molecule has 31 heavy (non-hydrogen) atoms. The number of carbonyl (C=O) groups is 2. The highest BCUT2D eigenvalue weighted by atomic mass is 35.5. The number of benzene rings is 1. The van der Waals surface area contributed by atoms with Crippen molar-refractivity contribution < 1.29 is 22.7 Å². The minimum absolute atomic E-state index is 0.000485. The van der Waals surface area contributed by atoms with Crippen LogP contribution in [0.15, 0.2) is 29.2 Å². The summed E-state index contributed by atoms with van der Waals surface area (Å²) in [6.07, 6.45) is 0.471. The maximum Gasteiger partial charge on any atom is 0.359 e. The molecule has 0 aliphatic carbocycles. The Morgan fingerprint density at radius 2 is 1.90 bits per heavy atom. The second kappa shape index (κ2) is 10.7. The molecule has 0 saturated carbocycles. The van der Waals surface area contributed by atoms with Crippen LogP contribution in [0.1, 0.15) is 50.3 Å². The minimum atomic E-state index is -3.73. The van der Waals surface area contributed by atoms with Crippen LogP contribution in [0, 0.1) is 0 Å². The number of nitrogens with zero attached hydrogens (tertiary/aromatic N) is 2. The van der Waals surface area contributed by atoms with Crippen LogP contribution in [0.25, 0.3) is 0 Å². The third-order valence-electron chi connectivity index (χ3n) is 4.55. The number of amides is 1. The van der Waals surface area contributed by atoms with Gasteiger partial charge in [0.2, 0.25) is 10.0 Å². The average molecular weight is 471 g/mol. The molecule has 1 amide bonds. The van der Waals surface area contributed by atoms with Crippen molar-refractivity contribution >= 4 is 39.2 Å². The summed E-state index contributed by atoms with van der Waals surface area (Å²) in [6.45, 7) is 7.49. The highest BCUT2D eigenvalue weighted by molar-refractivity contribution is 7.89. The zero-order valence-corrected chi connectivity index (χ0v) is 19.5. The Labute approximate surface area is 187 Å². The van der Waals surface area contributed by atoms with Crippen molar-refractivity contribution in [3.05, 3.63) is 40.7 Å². The highest BCUT2D eigenvalue weighted by Crippen LogP contribution is 2.27. The predicted octanol–water partition coefficient (Wildman–Crippen LogP) is 3.23. The van der Waals surface area contributed by atoms with Crippen molar-refractivity contribution in [3.63, 3.8) is 0 Å². The first-order chi connectivity index (χ1) is 14.6. The van der Waals surface area contributed by atoms with Crippen molar-refractivity contribution in [2.45, 2.75) is 51.5 Å². The molecule has 0 bridgehead atoms. The van der Waals surface area contributed by atoms with Gasteiger partial charge in [-0.05, 0) is 37.6 Å². The lowest BCUT2D eigenvalue weighted by Gasteiger charge is -2.19. The monoisotopic (exact) mass is 470 g/mol. The smallest absolute Gasteiger partial charge is 0.359 e. The molecule has 0 radical (unpaired) electrons. The Morgan fingerprint density at radius 1 is 1.23 bits per heavy atom. The van der Waals surface area contributed by atoms with Gasteiger partial charge in [-0.25, -0.2) is 13.2 Å². The van der Waals surface area contributed by atoms with Gasteiger partial charge in [0, 0.05) is 18.8 Å². The van der Waals surface area contributed by atoms with E-state index in [2.05, 4.69) is 15.5 Å². The molecular weight excluding hydrogens is 444 g/mol. The van der Waals surface area contributed by atoms with E-state index in [-0.39, 0.29) is 21.3 Å². The van der Waals surface area contributed by atoms with E-state index >= 15 is 0 Å². The number of sulfonamides is 1. The summed E-state index contributed by atoms with van der Waals surface area (Å²) >= 11 is 6.13. The Morgan fingerprint density at radius 3 is 2.52 bits per heavy atom. The standard InChI is InChI=1S/C20H27ClN4O5S/c1-5-8-14-11-18(24-23-14)20(27)30-13(4)19(26)22-17-12-15(9-10-16(17)21)31(28,29)25(6-2)7-3/h9-13H,5-8H2,1-4H3,(H,22,26)(H,23,24). The quantitative estimate of drug-likeness (QED) is 0.514. The SMILES string of the molecule is CCCc1cc(C(=O)OC(C)C(=O)Nc2cc(S(=O)(=O)N(CC)CC)ccc2Cl)n[nH]1. The van der Waals surface area contributed by atoms with Crippen LogP contribution < -0.4 is 5.32 Å². The van der Waals surface area contributed by atoms with E-state index in [1.165, 1.54) is 29.4 Å². The number of H-pyrrole nitrogens is 1. The topological polar surface area (TPSA) is 121 Å². The molecule has 1 heterocycles. The average Bonchev–Trinajstić information content (AvgIpc) is 3.19. The molecule has 9 nitrogen and oxygen atoms in total. The number of hydrogen-bond acceptors (Lipinski definition) is 6. The molecule has 2 aromatic rings. The van der Waals surface area contributed by atoms with E-state index in [0.717, 1.165) is 18.5 Å². The first-order valence-corrected chi connectivity index (χ1v) is 11.8. The molecule has 1 unspecified atom stereocenters. The summed E-state index contributed by atoms with van der Waals surface area (Å²) in [5.41, 5.74) is 0.978. The van der Waals surface area contributed by atoms with Gasteiger partial charge in [-0.2, -0.15) is 9.40 Å². The number of aromatic nitrogens is 2. The Bertz CT molecular complexity index is 1030. The normalized spacial score (nSPS) is 12.6. The number of esters is 1. The lowest BCUT2D eigenvalue weighted by atomic mass is 10.2. The van der Waals surface area contributed by atoms with E-state index in [9.17, 15) is 18.0 Å². The van der Waals surface area contributed by atoms with Crippen molar-refractivity contribution in [2.75, 3.05) is 18.4 Å². The second-order valence-corrected chi connectivity index (χ2v) is 9.14. The zero-order chi connectivity index (χ0) is 23.2. The van der Waals surface area contributed by atoms with Gasteiger partial charge in [-0.15, -0.1) is 0 Å². The van der Waals surface area contributed by atoms with Crippen molar-refractivity contribution in [1.82, 2.24) is 14.5 Å². The maximum atomic E-state index is 12.7. The molecule has 1 atom stereocenters. The van der Waals surface area contributed by atoms with Crippen LogP contribution in [0.4, 0.5) is 5.69 Å². The van der Waals surface area contributed by atoms with Gasteiger partial charge in [0.25, 0.3) is 5.91 Å². The summed E-state index contributed by atoms with van der Waals surface area (Å²) in [5.74, 6) is -1.40. The molecular formula is C20H27ClN4O5S. The van der Waals surface area contributed by atoms with E-state index in [0.29, 0.717) is 13.1 Å². The van der Waals surface area contributed by atoms with Gasteiger partial charge < -0.3 is 10.1 Å². The number of nitrogens with one attached hydrogen (secondary N) is 2. The molecule has 0 saturated heterocycles. The predicted molar refractivity (Wildman–Crippen MR) is 118 cm³/mol. The Hall–Kier alpha value is -2.43.